The smallest absolute Gasteiger partial charge is 0.306 e. The van der Waals surface area contributed by atoms with E-state index in [1.165, 1.54) is 44.9 Å². The molecule has 0 aromatic carbocycles. The van der Waals surface area contributed by atoms with Crippen molar-refractivity contribution in [1.82, 2.24) is 0 Å². The normalized spacial score (nSPS) is 27.0. The van der Waals surface area contributed by atoms with E-state index in [0.717, 1.165) is 70.6 Å². The fourth-order valence-electron chi connectivity index (χ4n) is 7.33. The predicted octanol–water partition coefficient (Wildman–Crippen LogP) is 5.93. The largest absolute Gasteiger partial charge is 0.462 e. The summed E-state index contributed by atoms with van der Waals surface area (Å²) in [5, 5.41) is 71.9. The van der Waals surface area contributed by atoms with Gasteiger partial charge in [0.15, 0.2) is 18.7 Å². The van der Waals surface area contributed by atoms with E-state index in [-0.39, 0.29) is 19.4 Å². The number of carbonyl (C=O) groups excluding carboxylic acids is 2. The number of hydrogen-bond acceptors (Lipinski definition) is 15. The molecule has 370 valence electrons. The minimum Gasteiger partial charge on any atom is -0.462 e. The second-order valence-corrected chi connectivity index (χ2v) is 17.0. The number of aliphatic hydroxyl groups excluding tert-OH is 7. The lowest BCUT2D eigenvalue weighted by Crippen LogP contribution is -2.61. The molecule has 7 N–H and O–H groups in total. The Morgan fingerprint density at radius 3 is 1.58 bits per heavy atom. The number of ether oxygens (including phenoxy) is 6. The number of rotatable bonds is 36. The van der Waals surface area contributed by atoms with Gasteiger partial charge in [0.2, 0.25) is 0 Å². The summed E-state index contributed by atoms with van der Waals surface area (Å²) in [6, 6.07) is 0. The molecule has 5 unspecified atom stereocenters. The van der Waals surface area contributed by atoms with Crippen molar-refractivity contribution in [3.05, 3.63) is 48.6 Å². The molecule has 0 amide bonds. The Labute approximate surface area is 382 Å². The maximum Gasteiger partial charge on any atom is 0.306 e. The topological polar surface area (TPSA) is 231 Å². The van der Waals surface area contributed by atoms with Crippen molar-refractivity contribution in [3.63, 3.8) is 0 Å². The Hall–Kier alpha value is -2.54. The molecule has 2 heterocycles. The van der Waals surface area contributed by atoms with Crippen LogP contribution in [-0.2, 0) is 38.0 Å². The van der Waals surface area contributed by atoms with Gasteiger partial charge in [-0.15, -0.1) is 0 Å². The molecule has 0 saturated carbocycles. The lowest BCUT2D eigenvalue weighted by Gasteiger charge is -2.42. The zero-order chi connectivity index (χ0) is 46.8. The van der Waals surface area contributed by atoms with Gasteiger partial charge < -0.3 is 64.2 Å². The van der Waals surface area contributed by atoms with E-state index in [9.17, 15) is 45.3 Å². The molecule has 15 nitrogen and oxygen atoms in total. The number of hydrogen-bond donors (Lipinski definition) is 7. The molecule has 2 aliphatic heterocycles. The van der Waals surface area contributed by atoms with Gasteiger partial charge in [-0.3, -0.25) is 9.59 Å². The van der Waals surface area contributed by atoms with Crippen molar-refractivity contribution in [2.45, 2.75) is 223 Å². The zero-order valence-electron chi connectivity index (χ0n) is 38.8. The molecule has 15 heteroatoms. The second-order valence-electron chi connectivity index (χ2n) is 17.0. The summed E-state index contributed by atoms with van der Waals surface area (Å²) in [6.07, 6.45) is 21.5. The summed E-state index contributed by atoms with van der Waals surface area (Å²) in [6.45, 7) is 2.40. The second kappa shape index (κ2) is 36.6. The van der Waals surface area contributed by atoms with Crippen LogP contribution in [0.25, 0.3) is 0 Å². The molecule has 2 fully saturated rings. The Kier molecular flexibility index (Phi) is 32.9. The molecule has 0 aliphatic carbocycles. The third kappa shape index (κ3) is 24.8. The van der Waals surface area contributed by atoms with Crippen LogP contribution in [0.3, 0.4) is 0 Å². The first kappa shape index (κ1) is 57.6. The van der Waals surface area contributed by atoms with Crippen molar-refractivity contribution in [3.8, 4) is 0 Å². The van der Waals surface area contributed by atoms with Gasteiger partial charge in [-0.25, -0.2) is 0 Å². The van der Waals surface area contributed by atoms with Crippen molar-refractivity contribution in [2.75, 3.05) is 26.4 Å². The molecule has 64 heavy (non-hydrogen) atoms. The van der Waals surface area contributed by atoms with Crippen LogP contribution in [0.2, 0.25) is 0 Å². The van der Waals surface area contributed by atoms with E-state index in [2.05, 4.69) is 38.2 Å². The molecular formula is C49H84O15. The molecule has 0 aromatic heterocycles. The summed E-state index contributed by atoms with van der Waals surface area (Å²) < 4.78 is 33.5. The Bertz CT molecular complexity index is 1300. The standard InChI is InChI=1S/C49H84O15/c1-3-5-7-9-11-13-15-17-18-20-21-23-25-27-29-31-40(51)59-34-37(62-41(52)32-30-28-26-24-22-19-16-14-12-10-8-6-4-2)35-60-48-47(58)45(56)43(54)39(64-48)36-61-49-46(57)44(55)42(53)38(33-50)63-49/h6,8,10,12-16,37-39,42-50,53-58H,3-5,7,9,11,17-36H2,1-2H3/b8-6+,12-10+,15-13+,16-14+/t37?,38-,39-,42+,43+,44?,45?,46?,47?,48-,49-/m1/s1. The maximum atomic E-state index is 12.9. The Morgan fingerprint density at radius 1 is 0.516 bits per heavy atom. The van der Waals surface area contributed by atoms with E-state index in [0.29, 0.717) is 12.8 Å². The van der Waals surface area contributed by atoms with Gasteiger partial charge in [0.05, 0.1) is 19.8 Å². The van der Waals surface area contributed by atoms with E-state index >= 15 is 0 Å². The van der Waals surface area contributed by atoms with Gasteiger partial charge in [-0.05, 0) is 57.8 Å². The molecule has 2 rings (SSSR count). The van der Waals surface area contributed by atoms with Crippen LogP contribution >= 0.6 is 0 Å². The molecule has 2 saturated heterocycles. The van der Waals surface area contributed by atoms with Crippen LogP contribution in [0, 0.1) is 0 Å². The van der Waals surface area contributed by atoms with Crippen molar-refractivity contribution in [2.24, 2.45) is 0 Å². The van der Waals surface area contributed by atoms with Crippen molar-refractivity contribution >= 4 is 11.9 Å². The quantitative estimate of drug-likeness (QED) is 0.0167. The first-order valence-corrected chi connectivity index (χ1v) is 24.3. The minimum absolute atomic E-state index is 0.140. The Morgan fingerprint density at radius 2 is 1.00 bits per heavy atom. The van der Waals surface area contributed by atoms with E-state index in [1.807, 2.05) is 24.3 Å². The maximum absolute atomic E-state index is 12.9. The highest BCUT2D eigenvalue weighted by molar-refractivity contribution is 5.70. The van der Waals surface area contributed by atoms with Gasteiger partial charge in [0.25, 0.3) is 0 Å². The lowest BCUT2D eigenvalue weighted by atomic mass is 9.98. The number of aliphatic hydroxyl groups is 7. The first-order chi connectivity index (χ1) is 31.0. The third-order valence-electron chi connectivity index (χ3n) is 11.4. The fourth-order valence-corrected chi connectivity index (χ4v) is 7.33. The predicted molar refractivity (Wildman–Crippen MR) is 243 cm³/mol. The number of unbranched alkanes of at least 4 members (excludes halogenated alkanes) is 16. The van der Waals surface area contributed by atoms with Gasteiger partial charge in [0, 0.05) is 12.8 Å². The number of carbonyl (C=O) groups is 2. The van der Waals surface area contributed by atoms with E-state index in [4.69, 9.17) is 28.4 Å². The highest BCUT2D eigenvalue weighted by Gasteiger charge is 2.47. The molecule has 0 spiro atoms. The zero-order valence-corrected chi connectivity index (χ0v) is 38.8. The van der Waals surface area contributed by atoms with Crippen LogP contribution < -0.4 is 0 Å². The molecule has 0 bridgehead atoms. The van der Waals surface area contributed by atoms with Crippen LogP contribution in [0.4, 0.5) is 0 Å². The van der Waals surface area contributed by atoms with Crippen LogP contribution in [-0.4, -0.2) is 142 Å². The first-order valence-electron chi connectivity index (χ1n) is 24.3. The monoisotopic (exact) mass is 913 g/mol. The summed E-state index contributed by atoms with van der Waals surface area (Å²) in [5.74, 6) is -0.957. The van der Waals surface area contributed by atoms with E-state index < -0.39 is 99.3 Å². The average molecular weight is 913 g/mol. The summed E-state index contributed by atoms with van der Waals surface area (Å²) in [5.41, 5.74) is 0. The van der Waals surface area contributed by atoms with Crippen LogP contribution in [0.5, 0.6) is 0 Å². The fraction of sp³-hybridized carbons (Fsp3) is 0.796. The molecule has 0 aromatic rings. The molecule has 11 atom stereocenters. The van der Waals surface area contributed by atoms with Crippen molar-refractivity contribution < 1.29 is 73.8 Å². The summed E-state index contributed by atoms with van der Waals surface area (Å²) in [4.78, 5) is 25.7. The van der Waals surface area contributed by atoms with Gasteiger partial charge in [-0.2, -0.15) is 0 Å². The number of allylic oxidation sites excluding steroid dienone is 8. The molecule has 0 radical (unpaired) electrons. The third-order valence-corrected chi connectivity index (χ3v) is 11.4. The summed E-state index contributed by atoms with van der Waals surface area (Å²) in [7, 11) is 0. The molecule has 2 aliphatic rings. The summed E-state index contributed by atoms with van der Waals surface area (Å²) >= 11 is 0. The molecular weight excluding hydrogens is 829 g/mol. The Balaban J connectivity index is 1.84. The van der Waals surface area contributed by atoms with Crippen LogP contribution in [0.15, 0.2) is 48.6 Å². The van der Waals surface area contributed by atoms with Gasteiger partial charge >= 0.3 is 11.9 Å². The highest BCUT2D eigenvalue weighted by Crippen LogP contribution is 2.26. The van der Waals surface area contributed by atoms with E-state index in [1.54, 1.807) is 0 Å². The highest BCUT2D eigenvalue weighted by atomic mass is 16.7. The lowest BCUT2D eigenvalue weighted by molar-refractivity contribution is -0.332. The van der Waals surface area contributed by atoms with Crippen LogP contribution in [0.1, 0.15) is 155 Å². The minimum atomic E-state index is -1.77. The average Bonchev–Trinajstić information content (AvgIpc) is 3.29. The SMILES string of the molecule is CC/C=C/C=C/C=C/CCCCCCCC(=O)OC(COC(=O)CCCCCCCCC/C=C/CCCCCC)CO[C@@H]1O[C@H](CO[C@@H]2O[C@H](CO)[C@H](O)C(O)C2O)[C@H](O)C(O)C1O. The number of esters is 2. The van der Waals surface area contributed by atoms with Gasteiger partial charge in [-0.1, -0.05) is 133 Å². The van der Waals surface area contributed by atoms with Crippen molar-refractivity contribution in [1.29, 1.82) is 0 Å². The van der Waals surface area contributed by atoms with Gasteiger partial charge in [0.1, 0.15) is 55.4 Å².